The van der Waals surface area contributed by atoms with Gasteiger partial charge in [-0.05, 0) is 37.3 Å². The number of benzene rings is 2. The van der Waals surface area contributed by atoms with Crippen molar-refractivity contribution in [3.63, 3.8) is 0 Å². The zero-order chi connectivity index (χ0) is 15.4. The van der Waals surface area contributed by atoms with Crippen LogP contribution in [0.25, 0.3) is 0 Å². The lowest BCUT2D eigenvalue weighted by atomic mass is 10.2. The van der Waals surface area contributed by atoms with Gasteiger partial charge in [0.15, 0.2) is 11.6 Å². The van der Waals surface area contributed by atoms with Crippen molar-refractivity contribution in [1.82, 2.24) is 0 Å². The second-order valence-electron chi connectivity index (χ2n) is 4.16. The van der Waals surface area contributed by atoms with Crippen LogP contribution in [0.4, 0.5) is 14.5 Å². The summed E-state index contributed by atoms with van der Waals surface area (Å²) in [5, 5.41) is 2.44. The first-order chi connectivity index (χ1) is 10.0. The molecular formula is C15H12BrF2NO2. The summed E-state index contributed by atoms with van der Waals surface area (Å²) in [6.45, 7) is 2.08. The van der Waals surface area contributed by atoms with Crippen LogP contribution in [-0.2, 0) is 0 Å². The molecule has 0 unspecified atom stereocenters. The molecule has 2 rings (SSSR count). The highest BCUT2D eigenvalue weighted by atomic mass is 79.9. The van der Waals surface area contributed by atoms with Crippen LogP contribution in [-0.4, -0.2) is 12.5 Å². The predicted molar refractivity (Wildman–Crippen MR) is 79.6 cm³/mol. The molecule has 0 saturated heterocycles. The molecule has 2 aromatic carbocycles. The predicted octanol–water partition coefficient (Wildman–Crippen LogP) is 4.38. The Balaban J connectivity index is 2.19. The molecular weight excluding hydrogens is 344 g/mol. The lowest BCUT2D eigenvalue weighted by molar-refractivity contribution is 0.102. The van der Waals surface area contributed by atoms with Gasteiger partial charge >= 0.3 is 0 Å². The van der Waals surface area contributed by atoms with Crippen LogP contribution in [0.15, 0.2) is 40.9 Å². The Kier molecular flexibility index (Phi) is 4.90. The minimum Gasteiger partial charge on any atom is -0.491 e. The number of nitrogens with one attached hydrogen (secondary N) is 1. The van der Waals surface area contributed by atoms with Crippen LogP contribution in [0.1, 0.15) is 17.3 Å². The van der Waals surface area contributed by atoms with Crippen molar-refractivity contribution in [1.29, 1.82) is 0 Å². The third-order valence-corrected chi connectivity index (χ3v) is 3.16. The Hall–Kier alpha value is -1.95. The summed E-state index contributed by atoms with van der Waals surface area (Å²) in [6, 6.07) is 8.04. The summed E-state index contributed by atoms with van der Waals surface area (Å²) >= 11 is 3.17. The summed E-state index contributed by atoms with van der Waals surface area (Å²) in [5.41, 5.74) is 0.0963. The van der Waals surface area contributed by atoms with Crippen molar-refractivity contribution in [3.05, 3.63) is 58.1 Å². The van der Waals surface area contributed by atoms with Crippen LogP contribution in [0.2, 0.25) is 0 Å². The molecule has 6 heteroatoms. The van der Waals surface area contributed by atoms with E-state index in [1.807, 2.05) is 0 Å². The zero-order valence-corrected chi connectivity index (χ0v) is 12.7. The monoisotopic (exact) mass is 355 g/mol. The number of ether oxygens (including phenoxy) is 1. The smallest absolute Gasteiger partial charge is 0.258 e. The fourth-order valence-corrected chi connectivity index (χ4v) is 2.08. The molecule has 1 amide bonds. The summed E-state index contributed by atoms with van der Waals surface area (Å²) < 4.78 is 32.9. The Morgan fingerprint density at radius 3 is 2.62 bits per heavy atom. The van der Waals surface area contributed by atoms with Gasteiger partial charge < -0.3 is 10.1 Å². The highest BCUT2D eigenvalue weighted by molar-refractivity contribution is 9.10. The van der Waals surface area contributed by atoms with E-state index in [0.717, 1.165) is 6.07 Å². The van der Waals surface area contributed by atoms with E-state index < -0.39 is 17.5 Å². The first kappa shape index (κ1) is 15.4. The van der Waals surface area contributed by atoms with Gasteiger partial charge in [0.2, 0.25) is 0 Å². The van der Waals surface area contributed by atoms with Crippen LogP contribution in [0, 0.1) is 11.6 Å². The van der Waals surface area contributed by atoms with E-state index in [4.69, 9.17) is 4.74 Å². The highest BCUT2D eigenvalue weighted by Crippen LogP contribution is 2.22. The quantitative estimate of drug-likeness (QED) is 0.883. The van der Waals surface area contributed by atoms with Gasteiger partial charge in [-0.25, -0.2) is 8.78 Å². The Morgan fingerprint density at radius 1 is 1.19 bits per heavy atom. The highest BCUT2D eigenvalue weighted by Gasteiger charge is 2.13. The van der Waals surface area contributed by atoms with Crippen molar-refractivity contribution >= 4 is 27.5 Å². The lowest BCUT2D eigenvalue weighted by Gasteiger charge is -2.09. The van der Waals surface area contributed by atoms with Crippen LogP contribution >= 0.6 is 15.9 Å². The van der Waals surface area contributed by atoms with E-state index in [0.29, 0.717) is 11.1 Å². The molecule has 1 N–H and O–H groups in total. The molecule has 0 fully saturated rings. The molecule has 3 nitrogen and oxygen atoms in total. The average Bonchev–Trinajstić information content (AvgIpc) is 2.44. The molecule has 0 aliphatic heterocycles. The normalized spacial score (nSPS) is 10.3. The first-order valence-electron chi connectivity index (χ1n) is 6.20. The molecule has 0 aromatic heterocycles. The van der Waals surface area contributed by atoms with E-state index in [-0.39, 0.29) is 17.0 Å². The van der Waals surface area contributed by atoms with Gasteiger partial charge in [0.05, 0.1) is 12.2 Å². The topological polar surface area (TPSA) is 38.3 Å². The van der Waals surface area contributed by atoms with Crippen LogP contribution in [0.5, 0.6) is 5.75 Å². The molecule has 21 heavy (non-hydrogen) atoms. The number of hydrogen-bond acceptors (Lipinski definition) is 2. The molecule has 0 saturated carbocycles. The van der Waals surface area contributed by atoms with Crippen LogP contribution in [0.3, 0.4) is 0 Å². The zero-order valence-electron chi connectivity index (χ0n) is 11.1. The van der Waals surface area contributed by atoms with E-state index in [1.165, 1.54) is 30.3 Å². The number of rotatable bonds is 4. The number of anilines is 1. The number of halogens is 3. The molecule has 0 heterocycles. The third-order valence-electron chi connectivity index (χ3n) is 2.66. The van der Waals surface area contributed by atoms with Gasteiger partial charge in [-0.2, -0.15) is 0 Å². The summed E-state index contributed by atoms with van der Waals surface area (Å²) in [4.78, 5) is 12.0. The molecule has 0 aliphatic rings. The van der Waals surface area contributed by atoms with Gasteiger partial charge in [0.1, 0.15) is 5.82 Å². The SMILES string of the molecule is CCOc1ccc(NC(=O)c2cc(Br)ccc2F)cc1F. The minimum absolute atomic E-state index is 0.101. The molecule has 0 atom stereocenters. The fraction of sp³-hybridized carbons (Fsp3) is 0.133. The maximum atomic E-state index is 13.7. The van der Waals surface area contributed by atoms with Crippen molar-refractivity contribution in [3.8, 4) is 5.75 Å². The minimum atomic E-state index is -0.655. The Morgan fingerprint density at radius 2 is 1.95 bits per heavy atom. The van der Waals surface area contributed by atoms with E-state index >= 15 is 0 Å². The van der Waals surface area contributed by atoms with Gasteiger partial charge in [-0.1, -0.05) is 15.9 Å². The molecule has 0 spiro atoms. The summed E-state index contributed by atoms with van der Waals surface area (Å²) in [5.74, 6) is -1.80. The third kappa shape index (κ3) is 3.78. The number of amides is 1. The molecule has 110 valence electrons. The first-order valence-corrected chi connectivity index (χ1v) is 6.99. The van der Waals surface area contributed by atoms with E-state index in [9.17, 15) is 13.6 Å². The maximum absolute atomic E-state index is 13.7. The number of carbonyl (C=O) groups excluding carboxylic acids is 1. The molecule has 0 bridgehead atoms. The van der Waals surface area contributed by atoms with Crippen LogP contribution < -0.4 is 10.1 Å². The van der Waals surface area contributed by atoms with Crippen molar-refractivity contribution in [2.45, 2.75) is 6.92 Å². The fourth-order valence-electron chi connectivity index (χ4n) is 1.72. The second-order valence-corrected chi connectivity index (χ2v) is 5.07. The van der Waals surface area contributed by atoms with E-state index in [2.05, 4.69) is 21.2 Å². The Bertz CT molecular complexity index is 677. The van der Waals surface area contributed by atoms with Crippen molar-refractivity contribution < 1.29 is 18.3 Å². The van der Waals surface area contributed by atoms with Gasteiger partial charge in [0, 0.05) is 16.2 Å². The molecule has 0 radical (unpaired) electrons. The number of hydrogen-bond donors (Lipinski definition) is 1. The van der Waals surface area contributed by atoms with Gasteiger partial charge in [-0.15, -0.1) is 0 Å². The number of carbonyl (C=O) groups is 1. The van der Waals surface area contributed by atoms with E-state index in [1.54, 1.807) is 6.92 Å². The van der Waals surface area contributed by atoms with Crippen molar-refractivity contribution in [2.24, 2.45) is 0 Å². The summed E-state index contributed by atoms with van der Waals surface area (Å²) in [7, 11) is 0. The lowest BCUT2D eigenvalue weighted by Crippen LogP contribution is -2.14. The molecule has 0 aliphatic carbocycles. The largest absolute Gasteiger partial charge is 0.491 e. The average molecular weight is 356 g/mol. The van der Waals surface area contributed by atoms with Crippen molar-refractivity contribution in [2.75, 3.05) is 11.9 Å². The summed E-state index contributed by atoms with van der Waals surface area (Å²) in [6.07, 6.45) is 0. The Labute approximate surface area is 129 Å². The standard InChI is InChI=1S/C15H12BrF2NO2/c1-2-21-14-6-4-10(8-13(14)18)19-15(20)11-7-9(16)3-5-12(11)17/h3-8H,2H2,1H3,(H,19,20). The molecule has 2 aromatic rings. The van der Waals surface area contributed by atoms with Gasteiger partial charge in [-0.3, -0.25) is 4.79 Å². The maximum Gasteiger partial charge on any atom is 0.258 e. The van der Waals surface area contributed by atoms with Gasteiger partial charge in [0.25, 0.3) is 5.91 Å². The second kappa shape index (κ2) is 6.67.